The number of aryl methyl sites for hydroxylation is 1. The molecule has 0 spiro atoms. The molecule has 2 aromatic rings. The van der Waals surface area contributed by atoms with Crippen molar-refractivity contribution in [3.8, 4) is 0 Å². The molecule has 0 aliphatic heterocycles. The summed E-state index contributed by atoms with van der Waals surface area (Å²) in [4.78, 5) is 12.8. The van der Waals surface area contributed by atoms with Crippen LogP contribution in [0, 0.1) is 13.8 Å². The molecule has 6 nitrogen and oxygen atoms in total. The topological polar surface area (TPSA) is 75.7 Å². The van der Waals surface area contributed by atoms with Gasteiger partial charge in [-0.05, 0) is 62.4 Å². The summed E-state index contributed by atoms with van der Waals surface area (Å²) >= 11 is 0. The van der Waals surface area contributed by atoms with Gasteiger partial charge in [0.2, 0.25) is 5.91 Å². The van der Waals surface area contributed by atoms with Gasteiger partial charge in [0.05, 0.1) is 16.7 Å². The van der Waals surface area contributed by atoms with E-state index in [4.69, 9.17) is 4.74 Å². The fraction of sp³-hybridized carbons (Fsp3) is 0.458. The first-order chi connectivity index (χ1) is 14.9. The van der Waals surface area contributed by atoms with Gasteiger partial charge in [-0.2, -0.15) is 0 Å². The maximum absolute atomic E-state index is 13.4. The number of anilines is 1. The Morgan fingerprint density at radius 3 is 2.48 bits per heavy atom. The Balaban J connectivity index is 1.68. The van der Waals surface area contributed by atoms with Crippen molar-refractivity contribution < 1.29 is 17.9 Å². The second kappa shape index (κ2) is 10.8. The summed E-state index contributed by atoms with van der Waals surface area (Å²) in [5.74, 6) is -0.332. The van der Waals surface area contributed by atoms with Crippen molar-refractivity contribution in [1.82, 2.24) is 5.32 Å². The molecule has 7 heteroatoms. The molecule has 0 heterocycles. The third-order valence-electron chi connectivity index (χ3n) is 5.76. The van der Waals surface area contributed by atoms with Gasteiger partial charge in [-0.25, -0.2) is 8.42 Å². The molecule has 0 unspecified atom stereocenters. The van der Waals surface area contributed by atoms with Crippen LogP contribution in [0.25, 0.3) is 0 Å². The number of nitrogens with one attached hydrogen (secondary N) is 1. The SMILES string of the molecule is Cc1cccc(N(CC(=O)NCCCOC2CCCC2)S(=O)(=O)c2ccccc2)c1C. The van der Waals surface area contributed by atoms with Gasteiger partial charge in [-0.1, -0.05) is 43.2 Å². The molecule has 1 fully saturated rings. The zero-order valence-corrected chi connectivity index (χ0v) is 19.2. The number of rotatable bonds is 10. The Hall–Kier alpha value is -2.38. The van der Waals surface area contributed by atoms with Crippen LogP contribution in [-0.4, -0.2) is 40.1 Å². The van der Waals surface area contributed by atoms with Crippen LogP contribution in [0.3, 0.4) is 0 Å². The molecule has 1 N–H and O–H groups in total. The molecule has 0 aromatic heterocycles. The second-order valence-electron chi connectivity index (χ2n) is 8.02. The Morgan fingerprint density at radius 1 is 1.06 bits per heavy atom. The number of hydrogen-bond donors (Lipinski definition) is 1. The van der Waals surface area contributed by atoms with E-state index >= 15 is 0 Å². The van der Waals surface area contributed by atoms with Crippen LogP contribution in [0.4, 0.5) is 5.69 Å². The fourth-order valence-electron chi connectivity index (χ4n) is 3.82. The Morgan fingerprint density at radius 2 is 1.77 bits per heavy atom. The van der Waals surface area contributed by atoms with Gasteiger partial charge in [-0.3, -0.25) is 9.10 Å². The molecule has 3 rings (SSSR count). The standard InChI is InChI=1S/C24H32N2O4S/c1-19-10-8-15-23(20(19)2)26(31(28,29)22-13-4-3-5-14-22)18-24(27)25-16-9-17-30-21-11-6-7-12-21/h3-5,8,10,13-15,21H,6-7,9,11-12,16-18H2,1-2H3,(H,25,27). The van der Waals surface area contributed by atoms with Crippen LogP contribution in [0.15, 0.2) is 53.4 Å². The van der Waals surface area contributed by atoms with Crippen molar-refractivity contribution in [2.24, 2.45) is 0 Å². The average molecular weight is 445 g/mol. The van der Waals surface area contributed by atoms with E-state index in [9.17, 15) is 13.2 Å². The Kier molecular flexibility index (Phi) is 8.09. The van der Waals surface area contributed by atoms with Crippen molar-refractivity contribution in [1.29, 1.82) is 0 Å². The molecule has 168 valence electrons. The summed E-state index contributed by atoms with van der Waals surface area (Å²) in [6.07, 6.45) is 5.75. The molecule has 1 aliphatic carbocycles. The molecular weight excluding hydrogens is 412 g/mol. The summed E-state index contributed by atoms with van der Waals surface area (Å²) in [7, 11) is -3.89. The summed E-state index contributed by atoms with van der Waals surface area (Å²) < 4.78 is 33.8. The number of nitrogens with zero attached hydrogens (tertiary/aromatic N) is 1. The molecule has 31 heavy (non-hydrogen) atoms. The van der Waals surface area contributed by atoms with Gasteiger partial charge < -0.3 is 10.1 Å². The highest BCUT2D eigenvalue weighted by molar-refractivity contribution is 7.92. The molecule has 1 amide bonds. The maximum Gasteiger partial charge on any atom is 0.264 e. The molecule has 0 atom stereocenters. The number of benzene rings is 2. The summed E-state index contributed by atoms with van der Waals surface area (Å²) in [6, 6.07) is 13.7. The zero-order valence-electron chi connectivity index (χ0n) is 18.3. The number of hydrogen-bond acceptors (Lipinski definition) is 4. The average Bonchev–Trinajstić information content (AvgIpc) is 3.28. The van der Waals surface area contributed by atoms with Crippen LogP contribution in [0.5, 0.6) is 0 Å². The fourth-order valence-corrected chi connectivity index (χ4v) is 5.32. The van der Waals surface area contributed by atoms with Crippen molar-refractivity contribution in [3.63, 3.8) is 0 Å². The van der Waals surface area contributed by atoms with Crippen LogP contribution < -0.4 is 9.62 Å². The highest BCUT2D eigenvalue weighted by atomic mass is 32.2. The Labute approximate surface area is 185 Å². The van der Waals surface area contributed by atoms with Crippen LogP contribution in [-0.2, 0) is 19.6 Å². The van der Waals surface area contributed by atoms with Crippen molar-refractivity contribution >= 4 is 21.6 Å². The summed E-state index contributed by atoms with van der Waals surface area (Å²) in [6.45, 7) is 4.59. The molecule has 2 aromatic carbocycles. The van der Waals surface area contributed by atoms with E-state index in [1.54, 1.807) is 36.4 Å². The highest BCUT2D eigenvalue weighted by Gasteiger charge is 2.28. The number of ether oxygens (including phenoxy) is 1. The van der Waals surface area contributed by atoms with E-state index in [1.165, 1.54) is 17.1 Å². The molecular formula is C24H32N2O4S. The maximum atomic E-state index is 13.4. The lowest BCUT2D eigenvalue weighted by Gasteiger charge is -2.26. The second-order valence-corrected chi connectivity index (χ2v) is 9.89. The van der Waals surface area contributed by atoms with E-state index in [0.29, 0.717) is 31.4 Å². The lowest BCUT2D eigenvalue weighted by Crippen LogP contribution is -2.41. The van der Waals surface area contributed by atoms with Crippen LogP contribution >= 0.6 is 0 Å². The highest BCUT2D eigenvalue weighted by Crippen LogP contribution is 2.28. The predicted molar refractivity (Wildman–Crippen MR) is 123 cm³/mol. The van der Waals surface area contributed by atoms with Gasteiger partial charge >= 0.3 is 0 Å². The smallest absolute Gasteiger partial charge is 0.264 e. The molecule has 0 radical (unpaired) electrons. The Bertz CT molecular complexity index is 970. The monoisotopic (exact) mass is 444 g/mol. The number of carbonyl (C=O) groups is 1. The predicted octanol–water partition coefficient (Wildman–Crippen LogP) is 3.96. The van der Waals surface area contributed by atoms with E-state index in [1.807, 2.05) is 26.0 Å². The normalized spacial score (nSPS) is 14.5. The van der Waals surface area contributed by atoms with E-state index in [2.05, 4.69) is 5.32 Å². The number of carbonyl (C=O) groups excluding carboxylic acids is 1. The van der Waals surface area contributed by atoms with Gasteiger partial charge in [0.1, 0.15) is 6.54 Å². The lowest BCUT2D eigenvalue weighted by molar-refractivity contribution is -0.119. The zero-order chi connectivity index (χ0) is 22.3. The van der Waals surface area contributed by atoms with Crippen LogP contribution in [0.2, 0.25) is 0 Å². The van der Waals surface area contributed by atoms with E-state index in [-0.39, 0.29) is 17.3 Å². The van der Waals surface area contributed by atoms with Gasteiger partial charge in [0, 0.05) is 13.2 Å². The molecule has 1 saturated carbocycles. The first kappa shape index (κ1) is 23.3. The van der Waals surface area contributed by atoms with Crippen LogP contribution in [0.1, 0.15) is 43.2 Å². The lowest BCUT2D eigenvalue weighted by atomic mass is 10.1. The van der Waals surface area contributed by atoms with Crippen molar-refractivity contribution in [2.75, 3.05) is 24.0 Å². The van der Waals surface area contributed by atoms with Crippen molar-refractivity contribution in [2.45, 2.75) is 57.0 Å². The minimum Gasteiger partial charge on any atom is -0.378 e. The number of amides is 1. The minimum atomic E-state index is -3.89. The third-order valence-corrected chi connectivity index (χ3v) is 7.54. The molecule has 1 aliphatic rings. The largest absolute Gasteiger partial charge is 0.378 e. The quantitative estimate of drug-likeness (QED) is 0.563. The molecule has 0 saturated heterocycles. The van der Waals surface area contributed by atoms with E-state index < -0.39 is 10.0 Å². The van der Waals surface area contributed by atoms with Gasteiger partial charge in [-0.15, -0.1) is 0 Å². The van der Waals surface area contributed by atoms with Crippen molar-refractivity contribution in [3.05, 3.63) is 59.7 Å². The third kappa shape index (κ3) is 6.08. The summed E-state index contributed by atoms with van der Waals surface area (Å²) in [5, 5.41) is 2.84. The first-order valence-electron chi connectivity index (χ1n) is 10.9. The minimum absolute atomic E-state index is 0.161. The molecule has 0 bridgehead atoms. The number of sulfonamides is 1. The summed E-state index contributed by atoms with van der Waals surface area (Å²) in [5.41, 5.74) is 2.32. The first-order valence-corrected chi connectivity index (χ1v) is 12.4. The van der Waals surface area contributed by atoms with Gasteiger partial charge in [0.15, 0.2) is 0 Å². The van der Waals surface area contributed by atoms with E-state index in [0.717, 1.165) is 24.0 Å². The van der Waals surface area contributed by atoms with Gasteiger partial charge in [0.25, 0.3) is 10.0 Å².